The van der Waals surface area contributed by atoms with Crippen molar-refractivity contribution in [1.82, 2.24) is 15.0 Å². The van der Waals surface area contributed by atoms with Crippen LogP contribution in [0.4, 0.5) is 0 Å². The van der Waals surface area contributed by atoms with Crippen LogP contribution in [0, 0.1) is 18.3 Å². The normalized spacial score (nSPS) is 23.6. The molecule has 5 nitrogen and oxygen atoms in total. The Morgan fingerprint density at radius 3 is 2.76 bits per heavy atom. The third kappa shape index (κ3) is 4.25. The fourth-order valence-corrected chi connectivity index (χ4v) is 5.21. The summed E-state index contributed by atoms with van der Waals surface area (Å²) in [6.07, 6.45) is 7.39. The van der Waals surface area contributed by atoms with Gasteiger partial charge < -0.3 is 9.42 Å². The highest BCUT2D eigenvalue weighted by atomic mass is 16.5. The van der Waals surface area contributed by atoms with Gasteiger partial charge in [-0.15, -0.1) is 0 Å². The van der Waals surface area contributed by atoms with Crippen molar-refractivity contribution in [2.45, 2.75) is 52.0 Å². The molecule has 29 heavy (non-hydrogen) atoms. The lowest BCUT2D eigenvalue weighted by Crippen LogP contribution is -2.40. The second-order valence-corrected chi connectivity index (χ2v) is 9.55. The van der Waals surface area contributed by atoms with Crippen molar-refractivity contribution in [2.75, 3.05) is 26.2 Å². The van der Waals surface area contributed by atoms with E-state index < -0.39 is 0 Å². The number of aryl methyl sites for hydroxylation is 1. The van der Waals surface area contributed by atoms with Gasteiger partial charge >= 0.3 is 0 Å². The fraction of sp³-hybridized carbons (Fsp3) is 0.583. The van der Waals surface area contributed by atoms with E-state index in [1.54, 1.807) is 0 Å². The van der Waals surface area contributed by atoms with Crippen LogP contribution < -0.4 is 0 Å². The molecular weight excluding hydrogens is 362 g/mol. The molecule has 0 bridgehead atoms. The minimum absolute atomic E-state index is 0.220. The summed E-state index contributed by atoms with van der Waals surface area (Å²) in [5.41, 5.74) is 3.69. The first-order valence-electron chi connectivity index (χ1n) is 11.1. The zero-order chi connectivity index (χ0) is 19.8. The molecule has 5 heteroatoms. The minimum Gasteiger partial charge on any atom is -0.361 e. The van der Waals surface area contributed by atoms with E-state index in [-0.39, 0.29) is 5.91 Å². The van der Waals surface area contributed by atoms with E-state index in [0.717, 1.165) is 62.6 Å². The summed E-state index contributed by atoms with van der Waals surface area (Å²) in [7, 11) is 0. The van der Waals surface area contributed by atoms with Gasteiger partial charge in [0, 0.05) is 37.8 Å². The van der Waals surface area contributed by atoms with Crippen molar-refractivity contribution in [3.05, 3.63) is 52.9 Å². The van der Waals surface area contributed by atoms with Gasteiger partial charge in [0.05, 0.1) is 5.69 Å². The van der Waals surface area contributed by atoms with Gasteiger partial charge in [0.2, 0.25) is 0 Å². The van der Waals surface area contributed by atoms with Gasteiger partial charge in [0.1, 0.15) is 5.76 Å². The fourth-order valence-electron chi connectivity index (χ4n) is 5.21. The van der Waals surface area contributed by atoms with Crippen LogP contribution in [0.5, 0.6) is 0 Å². The molecule has 1 spiro atoms. The van der Waals surface area contributed by atoms with Crippen LogP contribution in [0.25, 0.3) is 0 Å². The molecule has 154 valence electrons. The van der Waals surface area contributed by atoms with Gasteiger partial charge in [-0.3, -0.25) is 9.69 Å². The molecule has 1 atom stereocenters. The molecule has 5 rings (SSSR count). The first-order valence-corrected chi connectivity index (χ1v) is 11.1. The first-order chi connectivity index (χ1) is 14.1. The molecule has 1 saturated carbocycles. The van der Waals surface area contributed by atoms with Crippen LogP contribution in [0.1, 0.15) is 59.5 Å². The predicted molar refractivity (Wildman–Crippen MR) is 112 cm³/mol. The van der Waals surface area contributed by atoms with E-state index in [0.29, 0.717) is 11.3 Å². The summed E-state index contributed by atoms with van der Waals surface area (Å²) in [5, 5.41) is 4.11. The number of amides is 1. The topological polar surface area (TPSA) is 49.6 Å². The summed E-state index contributed by atoms with van der Waals surface area (Å²) in [5.74, 6) is 1.76. The second kappa shape index (κ2) is 7.60. The van der Waals surface area contributed by atoms with Crippen molar-refractivity contribution in [3.63, 3.8) is 0 Å². The Bertz CT molecular complexity index is 869. The number of nitrogens with zero attached hydrogens (tertiary/aromatic N) is 3. The molecule has 3 aliphatic rings. The third-order valence-corrected chi connectivity index (χ3v) is 7.06. The Labute approximate surface area is 173 Å². The molecule has 2 aromatic rings. The van der Waals surface area contributed by atoms with E-state index in [1.807, 2.05) is 25.1 Å². The molecule has 0 radical (unpaired) electrons. The maximum atomic E-state index is 12.9. The van der Waals surface area contributed by atoms with Crippen LogP contribution in [-0.4, -0.2) is 47.0 Å². The number of hydrogen-bond acceptors (Lipinski definition) is 4. The Morgan fingerprint density at radius 2 is 2.03 bits per heavy atom. The van der Waals surface area contributed by atoms with Crippen LogP contribution in [0.2, 0.25) is 0 Å². The monoisotopic (exact) mass is 393 g/mol. The van der Waals surface area contributed by atoms with Crippen molar-refractivity contribution < 1.29 is 9.32 Å². The smallest absolute Gasteiger partial charge is 0.253 e. The molecule has 2 aliphatic heterocycles. The number of likely N-dealkylation sites (tertiary alicyclic amines) is 2. The molecule has 2 saturated heterocycles. The molecule has 1 unspecified atom stereocenters. The van der Waals surface area contributed by atoms with Gasteiger partial charge in [-0.1, -0.05) is 17.3 Å². The number of carbonyl (C=O) groups excluding carboxylic acids is 1. The number of aromatic nitrogens is 1. The molecule has 1 aromatic heterocycles. The van der Waals surface area contributed by atoms with E-state index in [1.165, 1.54) is 31.2 Å². The number of piperidine rings is 1. The lowest BCUT2D eigenvalue weighted by molar-refractivity contribution is 0.0654. The van der Waals surface area contributed by atoms with Gasteiger partial charge in [-0.2, -0.15) is 0 Å². The summed E-state index contributed by atoms with van der Waals surface area (Å²) in [6, 6.07) is 10.4. The van der Waals surface area contributed by atoms with E-state index in [9.17, 15) is 4.79 Å². The van der Waals surface area contributed by atoms with Gasteiger partial charge in [-0.25, -0.2) is 0 Å². The van der Waals surface area contributed by atoms with E-state index in [4.69, 9.17) is 4.52 Å². The van der Waals surface area contributed by atoms with Crippen LogP contribution >= 0.6 is 0 Å². The quantitative estimate of drug-likeness (QED) is 0.769. The zero-order valence-corrected chi connectivity index (χ0v) is 17.4. The molecule has 0 N–H and O–H groups in total. The SMILES string of the molecule is Cc1cc(CN2CCC(Cc3ccc(C(=O)N4CCCC5(CC5)C4)cc3)C2)no1. The Morgan fingerprint density at radius 1 is 1.21 bits per heavy atom. The average molecular weight is 394 g/mol. The van der Waals surface area contributed by atoms with Crippen molar-refractivity contribution in [3.8, 4) is 0 Å². The summed E-state index contributed by atoms with van der Waals surface area (Å²) >= 11 is 0. The molecule has 1 aromatic carbocycles. The Hall–Kier alpha value is -2.14. The number of carbonyl (C=O) groups is 1. The van der Waals surface area contributed by atoms with Crippen LogP contribution in [-0.2, 0) is 13.0 Å². The van der Waals surface area contributed by atoms with Crippen LogP contribution in [0.15, 0.2) is 34.9 Å². The Balaban J connectivity index is 1.14. The standard InChI is InChI=1S/C24H31N3O2/c1-18-13-22(25-29-18)16-26-12-7-20(15-26)14-19-3-5-21(6-4-19)23(28)27-11-2-8-24(17-27)9-10-24/h3-6,13,20H,2,7-12,14-17H2,1H3. The predicted octanol–water partition coefficient (Wildman–Crippen LogP) is 4.06. The second-order valence-electron chi connectivity index (χ2n) is 9.55. The summed E-state index contributed by atoms with van der Waals surface area (Å²) in [4.78, 5) is 17.4. The van der Waals surface area contributed by atoms with Crippen molar-refractivity contribution in [1.29, 1.82) is 0 Å². The van der Waals surface area contributed by atoms with Crippen LogP contribution in [0.3, 0.4) is 0 Å². The lowest BCUT2D eigenvalue weighted by Gasteiger charge is -2.33. The minimum atomic E-state index is 0.220. The van der Waals surface area contributed by atoms with Gasteiger partial charge in [-0.05, 0) is 81.0 Å². The van der Waals surface area contributed by atoms with Crippen molar-refractivity contribution >= 4 is 5.91 Å². The molecule has 3 fully saturated rings. The summed E-state index contributed by atoms with van der Waals surface area (Å²) < 4.78 is 5.18. The molecule has 3 heterocycles. The average Bonchev–Trinajstić information content (AvgIpc) is 3.11. The van der Waals surface area contributed by atoms with E-state index in [2.05, 4.69) is 27.1 Å². The highest BCUT2D eigenvalue weighted by molar-refractivity contribution is 5.94. The maximum Gasteiger partial charge on any atom is 0.253 e. The molecular formula is C24H31N3O2. The lowest BCUT2D eigenvalue weighted by atomic mass is 9.94. The zero-order valence-electron chi connectivity index (χ0n) is 17.4. The Kier molecular flexibility index (Phi) is 4.94. The molecule has 1 amide bonds. The number of hydrogen-bond donors (Lipinski definition) is 0. The number of rotatable bonds is 5. The number of benzene rings is 1. The van der Waals surface area contributed by atoms with Gasteiger partial charge in [0.25, 0.3) is 5.91 Å². The third-order valence-electron chi connectivity index (χ3n) is 7.06. The summed E-state index contributed by atoms with van der Waals surface area (Å²) in [6.45, 7) is 6.92. The largest absolute Gasteiger partial charge is 0.361 e. The molecule has 1 aliphatic carbocycles. The van der Waals surface area contributed by atoms with E-state index >= 15 is 0 Å². The first kappa shape index (κ1) is 18.9. The van der Waals surface area contributed by atoms with Crippen molar-refractivity contribution in [2.24, 2.45) is 11.3 Å². The highest BCUT2D eigenvalue weighted by Crippen LogP contribution is 2.52. The maximum absolute atomic E-state index is 12.9. The van der Waals surface area contributed by atoms with Gasteiger partial charge in [0.15, 0.2) is 0 Å². The highest BCUT2D eigenvalue weighted by Gasteiger charge is 2.46.